The first-order valence-electron chi connectivity index (χ1n) is 8.56. The summed E-state index contributed by atoms with van der Waals surface area (Å²) in [6.45, 7) is 1.96. The average Bonchev–Trinajstić information content (AvgIpc) is 2.60. The van der Waals surface area contributed by atoms with Gasteiger partial charge in [-0.25, -0.2) is 4.79 Å². The number of hydrogen-bond donors (Lipinski definition) is 4. The standard InChI is InChI=1S/C18H27N3O5/c1-12(4-2-3-9-19)18(25)21-15(17(20)24)10-13-5-7-14(8-6-13)26-11-16(22)23/h5-8,12,15H,2-4,9-11,19H2,1H3,(H2,20,24)(H,21,25)(H,22,23)/t12-,15-/m0/s1. The number of rotatable bonds is 12. The van der Waals surface area contributed by atoms with Gasteiger partial charge in [0.05, 0.1) is 0 Å². The fourth-order valence-electron chi connectivity index (χ4n) is 2.37. The summed E-state index contributed by atoms with van der Waals surface area (Å²) < 4.78 is 5.05. The Labute approximate surface area is 152 Å². The fraction of sp³-hybridized carbons (Fsp3) is 0.500. The number of carbonyl (C=O) groups excluding carboxylic acids is 2. The molecule has 1 rings (SSSR count). The van der Waals surface area contributed by atoms with Crippen molar-refractivity contribution in [2.45, 2.75) is 38.6 Å². The van der Waals surface area contributed by atoms with Gasteiger partial charge in [0, 0.05) is 12.3 Å². The molecule has 144 valence electrons. The molecule has 0 fully saturated rings. The molecule has 8 nitrogen and oxygen atoms in total. The van der Waals surface area contributed by atoms with E-state index >= 15 is 0 Å². The number of nitrogens with two attached hydrogens (primary N) is 2. The van der Waals surface area contributed by atoms with Crippen LogP contribution < -0.4 is 21.5 Å². The van der Waals surface area contributed by atoms with E-state index in [1.54, 1.807) is 31.2 Å². The highest BCUT2D eigenvalue weighted by molar-refractivity contribution is 5.87. The molecular formula is C18H27N3O5. The van der Waals surface area contributed by atoms with Gasteiger partial charge in [-0.1, -0.05) is 25.5 Å². The first-order chi connectivity index (χ1) is 12.3. The van der Waals surface area contributed by atoms with E-state index in [0.717, 1.165) is 18.4 Å². The maximum absolute atomic E-state index is 12.2. The number of carbonyl (C=O) groups is 3. The predicted molar refractivity (Wildman–Crippen MR) is 96.5 cm³/mol. The van der Waals surface area contributed by atoms with Gasteiger partial charge in [-0.15, -0.1) is 0 Å². The summed E-state index contributed by atoms with van der Waals surface area (Å²) in [5, 5.41) is 11.3. The molecule has 0 aliphatic carbocycles. The number of nitrogens with one attached hydrogen (secondary N) is 1. The zero-order valence-electron chi connectivity index (χ0n) is 14.9. The van der Waals surface area contributed by atoms with Gasteiger partial charge >= 0.3 is 5.97 Å². The van der Waals surface area contributed by atoms with E-state index in [0.29, 0.717) is 18.7 Å². The van der Waals surface area contributed by atoms with E-state index in [2.05, 4.69) is 5.32 Å². The average molecular weight is 365 g/mol. The SMILES string of the molecule is C[C@@H](CCCCN)C(=O)N[C@@H](Cc1ccc(OCC(=O)O)cc1)C(N)=O. The molecule has 0 aromatic heterocycles. The van der Waals surface area contributed by atoms with Crippen molar-refractivity contribution in [3.8, 4) is 5.75 Å². The molecule has 0 radical (unpaired) electrons. The fourth-order valence-corrected chi connectivity index (χ4v) is 2.37. The summed E-state index contributed by atoms with van der Waals surface area (Å²) in [5.74, 6) is -1.71. The second-order valence-electron chi connectivity index (χ2n) is 6.18. The van der Waals surface area contributed by atoms with Crippen LogP contribution in [0.1, 0.15) is 31.7 Å². The summed E-state index contributed by atoms with van der Waals surface area (Å²) in [5.41, 5.74) is 11.6. The monoisotopic (exact) mass is 365 g/mol. The van der Waals surface area contributed by atoms with Crippen molar-refractivity contribution in [2.24, 2.45) is 17.4 Å². The third-order valence-electron chi connectivity index (χ3n) is 3.92. The van der Waals surface area contributed by atoms with Crippen LogP contribution in [-0.2, 0) is 20.8 Å². The highest BCUT2D eigenvalue weighted by atomic mass is 16.5. The van der Waals surface area contributed by atoms with Gasteiger partial charge in [0.1, 0.15) is 11.8 Å². The molecule has 1 aromatic rings. The highest BCUT2D eigenvalue weighted by Gasteiger charge is 2.21. The largest absolute Gasteiger partial charge is 0.482 e. The van der Waals surface area contributed by atoms with Gasteiger partial charge in [0.2, 0.25) is 11.8 Å². The van der Waals surface area contributed by atoms with Crippen molar-refractivity contribution >= 4 is 17.8 Å². The quantitative estimate of drug-likeness (QED) is 0.395. The summed E-state index contributed by atoms with van der Waals surface area (Å²) in [4.78, 5) is 34.4. The lowest BCUT2D eigenvalue weighted by molar-refractivity contribution is -0.139. The van der Waals surface area contributed by atoms with Gasteiger partial charge in [0.25, 0.3) is 0 Å². The van der Waals surface area contributed by atoms with Crippen molar-refractivity contribution < 1.29 is 24.2 Å². The van der Waals surface area contributed by atoms with Crippen LogP contribution in [0.15, 0.2) is 24.3 Å². The molecule has 6 N–H and O–H groups in total. The molecule has 0 spiro atoms. The Hall–Kier alpha value is -2.61. The van der Waals surface area contributed by atoms with Crippen LogP contribution in [0.25, 0.3) is 0 Å². The third kappa shape index (κ3) is 7.98. The molecule has 2 amide bonds. The number of aliphatic carboxylic acids is 1. The van der Waals surface area contributed by atoms with Crippen LogP contribution in [0.3, 0.4) is 0 Å². The normalized spacial score (nSPS) is 12.8. The van der Waals surface area contributed by atoms with Crippen molar-refractivity contribution in [3.05, 3.63) is 29.8 Å². The number of primary amides is 1. The van der Waals surface area contributed by atoms with Gasteiger partial charge in [0.15, 0.2) is 6.61 Å². The number of ether oxygens (including phenoxy) is 1. The van der Waals surface area contributed by atoms with E-state index in [4.69, 9.17) is 21.3 Å². The Kier molecular flexibility index (Phi) is 9.14. The Morgan fingerprint density at radius 3 is 2.38 bits per heavy atom. The maximum Gasteiger partial charge on any atom is 0.341 e. The van der Waals surface area contributed by atoms with Crippen LogP contribution in [0, 0.1) is 5.92 Å². The summed E-state index contributed by atoms with van der Waals surface area (Å²) in [6.07, 6.45) is 2.65. The lowest BCUT2D eigenvalue weighted by Gasteiger charge is -2.19. The third-order valence-corrected chi connectivity index (χ3v) is 3.92. The minimum absolute atomic E-state index is 0.216. The Morgan fingerprint density at radius 2 is 1.85 bits per heavy atom. The van der Waals surface area contributed by atoms with E-state index in [1.165, 1.54) is 0 Å². The van der Waals surface area contributed by atoms with Crippen molar-refractivity contribution in [1.82, 2.24) is 5.32 Å². The molecule has 8 heteroatoms. The molecular weight excluding hydrogens is 338 g/mol. The van der Waals surface area contributed by atoms with Gasteiger partial charge in [-0.2, -0.15) is 0 Å². The van der Waals surface area contributed by atoms with Crippen molar-refractivity contribution in [3.63, 3.8) is 0 Å². The summed E-state index contributed by atoms with van der Waals surface area (Å²) in [6, 6.07) is 5.79. The molecule has 0 saturated heterocycles. The van der Waals surface area contributed by atoms with E-state index < -0.39 is 24.5 Å². The lowest BCUT2D eigenvalue weighted by Crippen LogP contribution is -2.47. The number of amides is 2. The van der Waals surface area contributed by atoms with Crippen LogP contribution in [-0.4, -0.2) is 42.1 Å². The van der Waals surface area contributed by atoms with Gasteiger partial charge in [-0.3, -0.25) is 9.59 Å². The second-order valence-corrected chi connectivity index (χ2v) is 6.18. The first kappa shape index (κ1) is 21.4. The van der Waals surface area contributed by atoms with Crippen LogP contribution in [0.4, 0.5) is 0 Å². The van der Waals surface area contributed by atoms with E-state index in [-0.39, 0.29) is 18.2 Å². The smallest absolute Gasteiger partial charge is 0.341 e. The van der Waals surface area contributed by atoms with E-state index in [9.17, 15) is 14.4 Å². The zero-order chi connectivity index (χ0) is 19.5. The molecule has 0 saturated carbocycles. The molecule has 1 aromatic carbocycles. The molecule has 0 unspecified atom stereocenters. The van der Waals surface area contributed by atoms with Crippen LogP contribution in [0.5, 0.6) is 5.75 Å². The van der Waals surface area contributed by atoms with Gasteiger partial charge in [-0.05, 0) is 37.1 Å². The highest BCUT2D eigenvalue weighted by Crippen LogP contribution is 2.14. The molecule has 0 aliphatic rings. The van der Waals surface area contributed by atoms with Crippen molar-refractivity contribution in [2.75, 3.05) is 13.2 Å². The minimum Gasteiger partial charge on any atom is -0.482 e. The number of benzene rings is 1. The topological polar surface area (TPSA) is 145 Å². The predicted octanol–water partition coefficient (Wildman–Crippen LogP) is 0.428. The second kappa shape index (κ2) is 11.1. The minimum atomic E-state index is -1.06. The molecule has 26 heavy (non-hydrogen) atoms. The lowest BCUT2D eigenvalue weighted by atomic mass is 10.0. The van der Waals surface area contributed by atoms with Crippen molar-refractivity contribution in [1.29, 1.82) is 0 Å². The van der Waals surface area contributed by atoms with E-state index in [1.807, 2.05) is 0 Å². The maximum atomic E-state index is 12.2. The molecule has 0 heterocycles. The summed E-state index contributed by atoms with van der Waals surface area (Å²) >= 11 is 0. The number of unbranched alkanes of at least 4 members (excludes halogenated alkanes) is 1. The molecule has 2 atom stereocenters. The summed E-state index contributed by atoms with van der Waals surface area (Å²) in [7, 11) is 0. The van der Waals surface area contributed by atoms with Gasteiger partial charge < -0.3 is 26.6 Å². The zero-order valence-corrected chi connectivity index (χ0v) is 14.9. The number of hydrogen-bond acceptors (Lipinski definition) is 5. The molecule has 0 bridgehead atoms. The van der Waals surface area contributed by atoms with Crippen LogP contribution in [0.2, 0.25) is 0 Å². The number of carboxylic acids is 1. The number of carboxylic acid groups (broad SMARTS) is 1. The Balaban J connectivity index is 2.60. The molecule has 0 aliphatic heterocycles. The Bertz CT molecular complexity index is 603. The Morgan fingerprint density at radius 1 is 1.19 bits per heavy atom. The first-order valence-corrected chi connectivity index (χ1v) is 8.56. The van der Waals surface area contributed by atoms with Crippen LogP contribution >= 0.6 is 0 Å².